The lowest BCUT2D eigenvalue weighted by molar-refractivity contribution is 1.11. The van der Waals surface area contributed by atoms with Gasteiger partial charge in [0.2, 0.25) is 0 Å². The van der Waals surface area contributed by atoms with Crippen LogP contribution in [0.4, 0.5) is 0 Å². The first-order valence-corrected chi connectivity index (χ1v) is 4.48. The van der Waals surface area contributed by atoms with Gasteiger partial charge in [0.1, 0.15) is 0 Å². The zero-order chi connectivity index (χ0) is 8.27. The molecule has 0 saturated heterocycles. The Morgan fingerprint density at radius 3 is 2.45 bits per heavy atom. The number of nitrogens with zero attached hydrogens (tertiary/aromatic N) is 1. The maximum atomic E-state index is 5.83. The van der Waals surface area contributed by atoms with Crippen LogP contribution in [-0.4, -0.2) is 4.98 Å². The lowest BCUT2D eigenvalue weighted by Gasteiger charge is -2.03. The summed E-state index contributed by atoms with van der Waals surface area (Å²) in [7, 11) is 0. The molecule has 1 heterocycles. The van der Waals surface area contributed by atoms with Crippen molar-refractivity contribution < 1.29 is 0 Å². The molecule has 0 radical (unpaired) electrons. The lowest BCUT2D eigenvalue weighted by Crippen LogP contribution is -1.92. The molecule has 1 nitrogen and oxygen atoms in total. The van der Waals surface area contributed by atoms with Gasteiger partial charge < -0.3 is 0 Å². The first-order valence-electron chi connectivity index (χ1n) is 3.03. The number of halogens is 3. The number of hydrogen-bond donors (Lipinski definition) is 0. The largest absolute Gasteiger partial charge is 0.260 e. The second-order valence-electron chi connectivity index (χ2n) is 1.99. The molecule has 0 saturated carbocycles. The topological polar surface area (TPSA) is 12.9 Å². The highest BCUT2D eigenvalue weighted by Gasteiger charge is 2.04. The summed E-state index contributed by atoms with van der Waals surface area (Å²) >= 11 is 17.1. The fourth-order valence-corrected chi connectivity index (χ4v) is 1.59. The van der Waals surface area contributed by atoms with E-state index in [9.17, 15) is 0 Å². The van der Waals surface area contributed by atoms with E-state index in [2.05, 4.69) is 4.98 Å². The molecule has 0 N–H and O–H groups in total. The predicted octanol–water partition coefficient (Wildman–Crippen LogP) is 3.21. The highest BCUT2D eigenvalue weighted by atomic mass is 35.5. The quantitative estimate of drug-likeness (QED) is 0.683. The number of aromatic nitrogens is 1. The summed E-state index contributed by atoms with van der Waals surface area (Å²) in [5.74, 6) is 0.706. The minimum Gasteiger partial charge on any atom is -0.260 e. The number of rotatable bonds is 2. The van der Waals surface area contributed by atoms with Gasteiger partial charge in [0, 0.05) is 16.8 Å². The number of hydrogen-bond acceptors (Lipinski definition) is 1. The van der Waals surface area contributed by atoms with Crippen molar-refractivity contribution >= 4 is 34.8 Å². The Kier molecular flexibility index (Phi) is 3.44. The van der Waals surface area contributed by atoms with Crippen LogP contribution >= 0.6 is 34.8 Å². The molecule has 11 heavy (non-hydrogen) atoms. The van der Waals surface area contributed by atoms with E-state index < -0.39 is 0 Å². The summed E-state index contributed by atoms with van der Waals surface area (Å²) in [6.45, 7) is 0. The van der Waals surface area contributed by atoms with Crippen molar-refractivity contribution in [3.8, 4) is 0 Å². The Hall–Kier alpha value is 0.0200. The molecule has 0 fully saturated rings. The SMILES string of the molecule is ClCc1nccc(Cl)c1CCl. The van der Waals surface area contributed by atoms with E-state index in [0.29, 0.717) is 16.8 Å². The maximum absolute atomic E-state index is 5.83. The van der Waals surface area contributed by atoms with Crippen molar-refractivity contribution in [1.82, 2.24) is 4.98 Å². The van der Waals surface area contributed by atoms with Crippen molar-refractivity contribution in [2.45, 2.75) is 11.8 Å². The van der Waals surface area contributed by atoms with Gasteiger partial charge in [-0.1, -0.05) is 11.6 Å². The van der Waals surface area contributed by atoms with E-state index in [1.54, 1.807) is 12.3 Å². The smallest absolute Gasteiger partial charge is 0.0651 e. The molecule has 1 aromatic heterocycles. The summed E-state index contributed by atoms with van der Waals surface area (Å²) in [6.07, 6.45) is 1.62. The third-order valence-corrected chi connectivity index (χ3v) is 2.22. The first kappa shape index (κ1) is 9.11. The minimum absolute atomic E-state index is 0.350. The molecule has 0 amide bonds. The Bertz CT molecular complexity index is 249. The van der Waals surface area contributed by atoms with Crippen molar-refractivity contribution in [2.75, 3.05) is 0 Å². The zero-order valence-electron chi connectivity index (χ0n) is 5.65. The second kappa shape index (κ2) is 4.15. The molecule has 1 rings (SSSR count). The maximum Gasteiger partial charge on any atom is 0.0651 e. The van der Waals surface area contributed by atoms with Crippen molar-refractivity contribution in [3.63, 3.8) is 0 Å². The third kappa shape index (κ3) is 1.98. The molecule has 0 aliphatic carbocycles. The molecular formula is C7H6Cl3N. The Balaban J connectivity index is 3.13. The normalized spacial score (nSPS) is 10.1. The second-order valence-corrected chi connectivity index (χ2v) is 2.93. The van der Waals surface area contributed by atoms with E-state index in [1.807, 2.05) is 0 Å². The van der Waals surface area contributed by atoms with Crippen LogP contribution in [0.5, 0.6) is 0 Å². The van der Waals surface area contributed by atoms with Gasteiger partial charge in [-0.15, -0.1) is 23.2 Å². The van der Waals surface area contributed by atoms with Crippen molar-refractivity contribution in [2.24, 2.45) is 0 Å². The van der Waals surface area contributed by atoms with Crippen LogP contribution in [0.2, 0.25) is 5.02 Å². The molecule has 0 bridgehead atoms. The average molecular weight is 210 g/mol. The molecule has 1 aromatic rings. The van der Waals surface area contributed by atoms with Crippen LogP contribution in [0.1, 0.15) is 11.3 Å². The van der Waals surface area contributed by atoms with Crippen LogP contribution in [0.3, 0.4) is 0 Å². The molecule has 0 aliphatic rings. The molecule has 0 unspecified atom stereocenters. The van der Waals surface area contributed by atoms with Crippen LogP contribution in [-0.2, 0) is 11.8 Å². The van der Waals surface area contributed by atoms with Gasteiger partial charge in [-0.3, -0.25) is 4.98 Å². The minimum atomic E-state index is 0.350. The molecule has 0 spiro atoms. The van der Waals surface area contributed by atoms with Gasteiger partial charge in [0.25, 0.3) is 0 Å². The van der Waals surface area contributed by atoms with Crippen LogP contribution in [0.25, 0.3) is 0 Å². The standard InChI is InChI=1S/C7H6Cl3N/c8-3-5-6(10)1-2-11-7(5)4-9/h1-2H,3-4H2. The summed E-state index contributed by atoms with van der Waals surface area (Å²) in [5.41, 5.74) is 1.58. The van der Waals surface area contributed by atoms with Gasteiger partial charge in [-0.2, -0.15) is 0 Å². The van der Waals surface area contributed by atoms with E-state index in [-0.39, 0.29) is 0 Å². The summed E-state index contributed by atoms with van der Waals surface area (Å²) in [5, 5.41) is 0.630. The Labute approximate surface area is 80.3 Å². The van der Waals surface area contributed by atoms with Gasteiger partial charge in [-0.25, -0.2) is 0 Å². The van der Waals surface area contributed by atoms with E-state index >= 15 is 0 Å². The fraction of sp³-hybridized carbons (Fsp3) is 0.286. The Morgan fingerprint density at radius 2 is 2.00 bits per heavy atom. The first-order chi connectivity index (χ1) is 5.29. The van der Waals surface area contributed by atoms with Crippen LogP contribution in [0, 0.1) is 0 Å². The molecule has 60 valence electrons. The summed E-state index contributed by atoms with van der Waals surface area (Å²) < 4.78 is 0. The predicted molar refractivity (Wildman–Crippen MR) is 48.4 cm³/mol. The van der Waals surface area contributed by atoms with Crippen LogP contribution in [0.15, 0.2) is 12.3 Å². The summed E-state index contributed by atoms with van der Waals surface area (Å²) in [6, 6.07) is 1.70. The molecule has 4 heteroatoms. The van der Waals surface area contributed by atoms with E-state index in [0.717, 1.165) is 11.3 Å². The van der Waals surface area contributed by atoms with Gasteiger partial charge in [0.05, 0.1) is 17.5 Å². The van der Waals surface area contributed by atoms with Gasteiger partial charge >= 0.3 is 0 Å². The third-order valence-electron chi connectivity index (χ3n) is 1.35. The highest BCUT2D eigenvalue weighted by Crippen LogP contribution is 2.20. The molecular weight excluding hydrogens is 204 g/mol. The van der Waals surface area contributed by atoms with E-state index in [1.165, 1.54) is 0 Å². The zero-order valence-corrected chi connectivity index (χ0v) is 7.92. The van der Waals surface area contributed by atoms with Crippen molar-refractivity contribution in [1.29, 1.82) is 0 Å². The summed E-state index contributed by atoms with van der Waals surface area (Å²) in [4.78, 5) is 4.03. The monoisotopic (exact) mass is 209 g/mol. The highest BCUT2D eigenvalue weighted by molar-refractivity contribution is 6.32. The van der Waals surface area contributed by atoms with E-state index in [4.69, 9.17) is 34.8 Å². The number of alkyl halides is 2. The average Bonchev–Trinajstić information content (AvgIpc) is 2.04. The molecule has 0 aliphatic heterocycles. The molecule has 0 atom stereocenters. The number of pyridine rings is 1. The van der Waals surface area contributed by atoms with Crippen LogP contribution < -0.4 is 0 Å². The molecule has 0 aromatic carbocycles. The van der Waals surface area contributed by atoms with Gasteiger partial charge in [-0.05, 0) is 6.07 Å². The Morgan fingerprint density at radius 1 is 1.27 bits per heavy atom. The van der Waals surface area contributed by atoms with Crippen molar-refractivity contribution in [3.05, 3.63) is 28.5 Å². The van der Waals surface area contributed by atoms with Gasteiger partial charge in [0.15, 0.2) is 0 Å². The fourth-order valence-electron chi connectivity index (χ4n) is 0.765. The lowest BCUT2D eigenvalue weighted by atomic mass is 10.2.